The molecule has 1 saturated heterocycles. The van der Waals surface area contributed by atoms with Gasteiger partial charge in [-0.1, -0.05) is 12.1 Å². The van der Waals surface area contributed by atoms with Gasteiger partial charge in [0.05, 0.1) is 18.2 Å². The number of halogens is 3. The van der Waals surface area contributed by atoms with Crippen LogP contribution in [0.1, 0.15) is 5.56 Å². The summed E-state index contributed by atoms with van der Waals surface area (Å²) >= 11 is 0. The standard InChI is InChI=1S/C18H15F3N6O2/c19-18(20,21)11-5-7-12(8-6-11)22-15-4-2-1-3-14(15)16-24-26-27(25-16)9-13-10-29-17(28)23-13/h1-8,13,22H,9-10H2,(H,23,28). The van der Waals surface area contributed by atoms with E-state index in [0.717, 1.165) is 12.1 Å². The summed E-state index contributed by atoms with van der Waals surface area (Å²) in [4.78, 5) is 12.4. The van der Waals surface area contributed by atoms with Gasteiger partial charge in [-0.25, -0.2) is 4.79 Å². The number of alkyl halides is 3. The van der Waals surface area contributed by atoms with Crippen LogP contribution >= 0.6 is 0 Å². The van der Waals surface area contributed by atoms with E-state index in [1.165, 1.54) is 16.9 Å². The smallest absolute Gasteiger partial charge is 0.416 e. The molecule has 11 heteroatoms. The number of anilines is 2. The van der Waals surface area contributed by atoms with E-state index >= 15 is 0 Å². The minimum Gasteiger partial charge on any atom is -0.447 e. The molecule has 29 heavy (non-hydrogen) atoms. The van der Waals surface area contributed by atoms with Crippen LogP contribution in [0.3, 0.4) is 0 Å². The number of nitrogens with zero attached hydrogens (tertiary/aromatic N) is 4. The zero-order chi connectivity index (χ0) is 20.4. The van der Waals surface area contributed by atoms with Gasteiger partial charge in [0.25, 0.3) is 0 Å². The number of aromatic nitrogens is 4. The highest BCUT2D eigenvalue weighted by atomic mass is 19.4. The van der Waals surface area contributed by atoms with Crippen LogP contribution in [0, 0.1) is 0 Å². The van der Waals surface area contributed by atoms with Gasteiger partial charge >= 0.3 is 12.3 Å². The Morgan fingerprint density at radius 2 is 1.93 bits per heavy atom. The Morgan fingerprint density at radius 3 is 2.62 bits per heavy atom. The van der Waals surface area contributed by atoms with Crippen LogP contribution in [-0.2, 0) is 17.5 Å². The molecule has 1 unspecified atom stereocenters. The molecule has 1 fully saturated rings. The molecule has 2 N–H and O–H groups in total. The van der Waals surface area contributed by atoms with E-state index in [1.807, 2.05) is 0 Å². The third-order valence-corrected chi connectivity index (χ3v) is 4.23. The van der Waals surface area contributed by atoms with Gasteiger partial charge in [-0.15, -0.1) is 10.2 Å². The number of nitrogens with one attached hydrogen (secondary N) is 2. The van der Waals surface area contributed by atoms with Crippen molar-refractivity contribution in [3.63, 3.8) is 0 Å². The van der Waals surface area contributed by atoms with Gasteiger partial charge in [-0.05, 0) is 41.6 Å². The summed E-state index contributed by atoms with van der Waals surface area (Å²) in [5.74, 6) is 0.338. The lowest BCUT2D eigenvalue weighted by atomic mass is 10.1. The van der Waals surface area contributed by atoms with E-state index in [9.17, 15) is 18.0 Å². The Bertz CT molecular complexity index is 1020. The number of ether oxygens (including phenoxy) is 1. The van der Waals surface area contributed by atoms with Crippen LogP contribution in [0.4, 0.5) is 29.3 Å². The van der Waals surface area contributed by atoms with Crippen molar-refractivity contribution >= 4 is 17.5 Å². The van der Waals surface area contributed by atoms with Crippen molar-refractivity contribution in [3.8, 4) is 11.4 Å². The molecular formula is C18H15F3N6O2. The van der Waals surface area contributed by atoms with Gasteiger partial charge in [-0.3, -0.25) is 0 Å². The molecule has 1 aliphatic rings. The summed E-state index contributed by atoms with van der Waals surface area (Å²) in [5.41, 5.74) is 1.02. The highest BCUT2D eigenvalue weighted by molar-refractivity contribution is 5.77. The summed E-state index contributed by atoms with van der Waals surface area (Å²) < 4.78 is 43.0. The molecule has 1 atom stereocenters. The maximum atomic E-state index is 12.7. The lowest BCUT2D eigenvalue weighted by molar-refractivity contribution is -0.137. The molecule has 3 aromatic rings. The number of carbonyl (C=O) groups excluding carboxylic acids is 1. The summed E-state index contributed by atoms with van der Waals surface area (Å²) in [6.07, 6.45) is -4.87. The number of hydrogen-bond acceptors (Lipinski definition) is 6. The van der Waals surface area contributed by atoms with E-state index < -0.39 is 17.8 Å². The molecule has 1 amide bonds. The zero-order valence-electron chi connectivity index (χ0n) is 14.8. The maximum Gasteiger partial charge on any atom is 0.416 e. The molecular weight excluding hydrogens is 389 g/mol. The van der Waals surface area contributed by atoms with Crippen LogP contribution in [-0.4, -0.2) is 38.9 Å². The number of benzene rings is 2. The number of para-hydroxylation sites is 1. The van der Waals surface area contributed by atoms with Gasteiger partial charge in [0.1, 0.15) is 6.61 Å². The molecule has 2 heterocycles. The van der Waals surface area contributed by atoms with Crippen LogP contribution in [0.2, 0.25) is 0 Å². The summed E-state index contributed by atoms with van der Waals surface area (Å²) in [7, 11) is 0. The number of rotatable bonds is 5. The molecule has 4 rings (SSSR count). The van der Waals surface area contributed by atoms with Gasteiger partial charge < -0.3 is 15.4 Å². The molecule has 0 aliphatic carbocycles. The predicted molar refractivity (Wildman–Crippen MR) is 96.3 cm³/mol. The first kappa shape index (κ1) is 18.7. The van der Waals surface area contributed by atoms with Gasteiger partial charge in [0.15, 0.2) is 0 Å². The van der Waals surface area contributed by atoms with Crippen molar-refractivity contribution in [2.24, 2.45) is 0 Å². The average Bonchev–Trinajstić information content (AvgIpc) is 3.31. The molecule has 0 spiro atoms. The van der Waals surface area contributed by atoms with Crippen molar-refractivity contribution in [2.75, 3.05) is 11.9 Å². The van der Waals surface area contributed by atoms with E-state index in [1.54, 1.807) is 24.3 Å². The fourth-order valence-electron chi connectivity index (χ4n) is 2.84. The second kappa shape index (κ2) is 7.41. The average molecular weight is 404 g/mol. The fraction of sp³-hybridized carbons (Fsp3) is 0.222. The van der Waals surface area contributed by atoms with E-state index in [2.05, 4.69) is 26.0 Å². The second-order valence-electron chi connectivity index (χ2n) is 6.35. The van der Waals surface area contributed by atoms with E-state index in [0.29, 0.717) is 29.3 Å². The minimum atomic E-state index is -4.39. The Kier molecular flexibility index (Phi) is 4.79. The first-order valence-corrected chi connectivity index (χ1v) is 8.63. The van der Waals surface area contributed by atoms with Crippen molar-refractivity contribution in [1.82, 2.24) is 25.5 Å². The summed E-state index contributed by atoms with van der Waals surface area (Å²) in [6, 6.07) is 11.6. The van der Waals surface area contributed by atoms with Crippen molar-refractivity contribution in [1.29, 1.82) is 0 Å². The lowest BCUT2D eigenvalue weighted by Gasteiger charge is -2.11. The Hall–Kier alpha value is -3.63. The third-order valence-electron chi connectivity index (χ3n) is 4.23. The zero-order valence-corrected chi connectivity index (χ0v) is 14.8. The molecule has 0 radical (unpaired) electrons. The number of amides is 1. The van der Waals surface area contributed by atoms with E-state index in [-0.39, 0.29) is 12.6 Å². The number of alkyl carbamates (subject to hydrolysis) is 1. The number of carbonyl (C=O) groups is 1. The van der Waals surface area contributed by atoms with Crippen LogP contribution < -0.4 is 10.6 Å². The number of tetrazole rings is 1. The molecule has 1 aromatic heterocycles. The highest BCUT2D eigenvalue weighted by Crippen LogP contribution is 2.32. The van der Waals surface area contributed by atoms with Crippen molar-refractivity contribution in [2.45, 2.75) is 18.8 Å². The van der Waals surface area contributed by atoms with Crippen molar-refractivity contribution < 1.29 is 22.7 Å². The quantitative estimate of drug-likeness (QED) is 0.678. The van der Waals surface area contributed by atoms with E-state index in [4.69, 9.17) is 4.74 Å². The van der Waals surface area contributed by atoms with Crippen molar-refractivity contribution in [3.05, 3.63) is 54.1 Å². The maximum absolute atomic E-state index is 12.7. The predicted octanol–water partition coefficient (Wildman–Crippen LogP) is 3.21. The largest absolute Gasteiger partial charge is 0.447 e. The summed E-state index contributed by atoms with van der Waals surface area (Å²) in [6.45, 7) is 0.523. The first-order chi connectivity index (χ1) is 13.9. The summed E-state index contributed by atoms with van der Waals surface area (Å²) in [5, 5.41) is 18.0. The third kappa shape index (κ3) is 4.28. The monoisotopic (exact) mass is 404 g/mol. The number of cyclic esters (lactones) is 1. The van der Waals surface area contributed by atoms with Gasteiger partial charge in [0, 0.05) is 16.9 Å². The van der Waals surface area contributed by atoms with Crippen LogP contribution in [0.15, 0.2) is 48.5 Å². The Labute approximate surface area is 162 Å². The normalized spacial score (nSPS) is 16.4. The lowest BCUT2D eigenvalue weighted by Crippen LogP contribution is -2.31. The molecule has 2 aromatic carbocycles. The SMILES string of the molecule is O=C1NC(Cn2nnc(-c3ccccc3Nc3ccc(C(F)(F)F)cc3)n2)CO1. The molecule has 1 aliphatic heterocycles. The van der Waals surface area contributed by atoms with Gasteiger partial charge in [0.2, 0.25) is 5.82 Å². The Morgan fingerprint density at radius 1 is 1.17 bits per heavy atom. The highest BCUT2D eigenvalue weighted by Gasteiger charge is 2.30. The van der Waals surface area contributed by atoms with Gasteiger partial charge in [-0.2, -0.15) is 18.0 Å². The first-order valence-electron chi connectivity index (χ1n) is 8.63. The molecule has 150 valence electrons. The molecule has 0 bridgehead atoms. The molecule has 0 saturated carbocycles. The Balaban J connectivity index is 1.52. The topological polar surface area (TPSA) is 94.0 Å². The van der Waals surface area contributed by atoms with Crippen LogP contribution in [0.25, 0.3) is 11.4 Å². The second-order valence-corrected chi connectivity index (χ2v) is 6.35. The number of hydrogen-bond donors (Lipinski definition) is 2. The minimum absolute atomic E-state index is 0.224. The molecule has 8 nitrogen and oxygen atoms in total. The fourth-order valence-corrected chi connectivity index (χ4v) is 2.84. The van der Waals surface area contributed by atoms with Crippen LogP contribution in [0.5, 0.6) is 0 Å².